The lowest BCUT2D eigenvalue weighted by Gasteiger charge is -2.27. The molecular weight excluding hydrogens is 448 g/mol. The van der Waals surface area contributed by atoms with Gasteiger partial charge in [0.2, 0.25) is 5.95 Å². The summed E-state index contributed by atoms with van der Waals surface area (Å²) in [6, 6.07) is 17.4. The first-order valence-corrected chi connectivity index (χ1v) is 12.3. The van der Waals surface area contributed by atoms with Gasteiger partial charge >= 0.3 is 0 Å². The van der Waals surface area contributed by atoms with Crippen LogP contribution in [0, 0.1) is 0 Å². The van der Waals surface area contributed by atoms with Crippen LogP contribution in [0.2, 0.25) is 0 Å². The predicted molar refractivity (Wildman–Crippen MR) is 136 cm³/mol. The summed E-state index contributed by atoms with van der Waals surface area (Å²) in [4.78, 5) is 24.6. The Morgan fingerprint density at radius 1 is 1.15 bits per heavy atom. The maximum Gasteiger partial charge on any atom is 0.253 e. The molecule has 1 aliphatic heterocycles. The van der Waals surface area contributed by atoms with Crippen molar-refractivity contribution in [3.63, 3.8) is 0 Å². The largest absolute Gasteiger partial charge is 0.376 e. The summed E-state index contributed by atoms with van der Waals surface area (Å²) in [5, 5.41) is 16.1. The minimum atomic E-state index is -1.14. The molecule has 0 aliphatic carbocycles. The van der Waals surface area contributed by atoms with E-state index in [9.17, 15) is 9.90 Å². The molecule has 0 radical (unpaired) electrons. The van der Waals surface area contributed by atoms with Crippen LogP contribution in [0.5, 0.6) is 0 Å². The highest BCUT2D eigenvalue weighted by Crippen LogP contribution is 2.25. The average Bonchev–Trinajstić information content (AvgIpc) is 2.84. The third-order valence-corrected chi connectivity index (χ3v) is 6.49. The minimum absolute atomic E-state index is 0.0568. The van der Waals surface area contributed by atoms with Crippen LogP contribution < -0.4 is 16.4 Å². The van der Waals surface area contributed by atoms with Gasteiger partial charge < -0.3 is 26.4 Å². The maximum atomic E-state index is 12.6. The standard InChI is InChI=1S/C25H30N6O2S/c1-25(26,33)11-17-34-21-8-4-18(5-9-21)22-10-12-28-24(30-22)29-20-6-2-19(3-7-20)23(32)31-15-13-27-14-16-31/h2-10,12,27,33H,11,13-17,26H2,1H3,(H,28,29,30). The number of benzene rings is 2. The van der Waals surface area contributed by atoms with Crippen LogP contribution in [0.4, 0.5) is 11.6 Å². The highest BCUT2D eigenvalue weighted by atomic mass is 32.2. The van der Waals surface area contributed by atoms with Crippen molar-refractivity contribution in [2.75, 3.05) is 37.2 Å². The zero-order valence-electron chi connectivity index (χ0n) is 19.2. The lowest BCUT2D eigenvalue weighted by atomic mass is 10.1. The van der Waals surface area contributed by atoms with Gasteiger partial charge in [0, 0.05) is 59.8 Å². The van der Waals surface area contributed by atoms with E-state index in [0.717, 1.165) is 53.8 Å². The number of nitrogens with one attached hydrogen (secondary N) is 2. The highest BCUT2D eigenvalue weighted by molar-refractivity contribution is 7.99. The molecule has 1 saturated heterocycles. The molecule has 1 atom stereocenters. The summed E-state index contributed by atoms with van der Waals surface area (Å²) in [5.74, 6) is 1.29. The van der Waals surface area contributed by atoms with E-state index in [0.29, 0.717) is 17.9 Å². The van der Waals surface area contributed by atoms with Gasteiger partial charge in [0.05, 0.1) is 5.69 Å². The number of carbonyl (C=O) groups is 1. The van der Waals surface area contributed by atoms with Gasteiger partial charge in [-0.2, -0.15) is 0 Å². The van der Waals surface area contributed by atoms with Crippen molar-refractivity contribution in [2.45, 2.75) is 24.0 Å². The smallest absolute Gasteiger partial charge is 0.253 e. The molecule has 0 bridgehead atoms. The molecule has 34 heavy (non-hydrogen) atoms. The van der Waals surface area contributed by atoms with Crippen LogP contribution in [0.3, 0.4) is 0 Å². The number of aliphatic hydroxyl groups is 1. The molecule has 3 aromatic rings. The lowest BCUT2D eigenvalue weighted by molar-refractivity contribution is 0.0644. The molecule has 2 heterocycles. The van der Waals surface area contributed by atoms with Crippen molar-refractivity contribution >= 4 is 29.3 Å². The second-order valence-corrected chi connectivity index (χ2v) is 9.66. The Labute approximate surface area is 204 Å². The SMILES string of the molecule is CC(N)(O)CCSc1ccc(-c2ccnc(Nc3ccc(C(=O)N4CCNCC4)cc3)n2)cc1. The van der Waals surface area contributed by atoms with E-state index in [1.807, 2.05) is 59.5 Å². The number of carbonyl (C=O) groups excluding carboxylic acids is 1. The van der Waals surface area contributed by atoms with Crippen molar-refractivity contribution in [2.24, 2.45) is 5.73 Å². The summed E-state index contributed by atoms with van der Waals surface area (Å²) < 4.78 is 0. The second kappa shape index (κ2) is 11.0. The molecule has 5 N–H and O–H groups in total. The van der Waals surface area contributed by atoms with Crippen LogP contribution in [0.1, 0.15) is 23.7 Å². The first kappa shape index (κ1) is 24.2. The molecule has 9 heteroatoms. The topological polar surface area (TPSA) is 116 Å². The molecule has 8 nitrogen and oxygen atoms in total. The fraction of sp³-hybridized carbons (Fsp3) is 0.320. The lowest BCUT2D eigenvalue weighted by Crippen LogP contribution is -2.46. The van der Waals surface area contributed by atoms with Crippen molar-refractivity contribution in [3.8, 4) is 11.3 Å². The Bertz CT molecular complexity index is 1090. The number of anilines is 2. The molecule has 1 aliphatic rings. The first-order valence-electron chi connectivity index (χ1n) is 11.3. The number of piperazine rings is 1. The van der Waals surface area contributed by atoms with E-state index in [1.165, 1.54) is 0 Å². The second-order valence-electron chi connectivity index (χ2n) is 8.49. The molecule has 1 amide bonds. The van der Waals surface area contributed by atoms with E-state index in [1.54, 1.807) is 24.9 Å². The Balaban J connectivity index is 1.37. The van der Waals surface area contributed by atoms with Crippen molar-refractivity contribution in [3.05, 3.63) is 66.4 Å². The number of hydrogen-bond donors (Lipinski definition) is 4. The van der Waals surface area contributed by atoms with Gasteiger partial charge in [0.25, 0.3) is 5.91 Å². The Morgan fingerprint density at radius 2 is 1.85 bits per heavy atom. The number of amides is 1. The summed E-state index contributed by atoms with van der Waals surface area (Å²) in [6.45, 7) is 4.74. The summed E-state index contributed by atoms with van der Waals surface area (Å²) >= 11 is 1.65. The van der Waals surface area contributed by atoms with Crippen LogP contribution >= 0.6 is 11.8 Å². The highest BCUT2D eigenvalue weighted by Gasteiger charge is 2.17. The molecular formula is C25H30N6O2S. The van der Waals surface area contributed by atoms with E-state index >= 15 is 0 Å². The fourth-order valence-corrected chi connectivity index (χ4v) is 4.63. The van der Waals surface area contributed by atoms with E-state index in [-0.39, 0.29) is 5.91 Å². The molecule has 4 rings (SSSR count). The number of nitrogens with zero attached hydrogens (tertiary/aromatic N) is 3. The third-order valence-electron chi connectivity index (χ3n) is 5.47. The number of rotatable bonds is 8. The summed E-state index contributed by atoms with van der Waals surface area (Å²) in [5.41, 5.74) is 7.77. The van der Waals surface area contributed by atoms with Crippen molar-refractivity contribution < 1.29 is 9.90 Å². The molecule has 0 spiro atoms. The number of aromatic nitrogens is 2. The average molecular weight is 479 g/mol. The Hall–Kier alpha value is -2.98. The van der Waals surface area contributed by atoms with Gasteiger partial charge in [-0.15, -0.1) is 11.8 Å². The molecule has 1 aromatic heterocycles. The zero-order chi connectivity index (χ0) is 24.0. The Kier molecular flexibility index (Phi) is 7.79. The molecule has 2 aromatic carbocycles. The normalized spacial score (nSPS) is 15.6. The van der Waals surface area contributed by atoms with E-state index < -0.39 is 5.72 Å². The van der Waals surface area contributed by atoms with E-state index in [2.05, 4.69) is 20.6 Å². The number of thioether (sulfide) groups is 1. The zero-order valence-corrected chi connectivity index (χ0v) is 20.0. The van der Waals surface area contributed by atoms with Crippen LogP contribution in [0.15, 0.2) is 65.7 Å². The Morgan fingerprint density at radius 3 is 2.53 bits per heavy atom. The fourth-order valence-electron chi connectivity index (χ4n) is 3.55. The van der Waals surface area contributed by atoms with Gasteiger partial charge in [-0.3, -0.25) is 4.79 Å². The van der Waals surface area contributed by atoms with Crippen molar-refractivity contribution in [1.82, 2.24) is 20.2 Å². The minimum Gasteiger partial charge on any atom is -0.376 e. The van der Waals surface area contributed by atoms with Gasteiger partial charge in [-0.25, -0.2) is 9.97 Å². The monoisotopic (exact) mass is 478 g/mol. The van der Waals surface area contributed by atoms with Crippen LogP contribution in [-0.2, 0) is 0 Å². The maximum absolute atomic E-state index is 12.6. The molecule has 0 saturated carbocycles. The van der Waals surface area contributed by atoms with Gasteiger partial charge in [0.1, 0.15) is 5.72 Å². The first-order chi connectivity index (χ1) is 16.4. The number of hydrogen-bond acceptors (Lipinski definition) is 8. The predicted octanol–water partition coefficient (Wildman–Crippen LogP) is 3.08. The van der Waals surface area contributed by atoms with Gasteiger partial charge in [-0.05, 0) is 55.8 Å². The number of nitrogens with two attached hydrogens (primary N) is 1. The van der Waals surface area contributed by atoms with Crippen molar-refractivity contribution in [1.29, 1.82) is 0 Å². The van der Waals surface area contributed by atoms with E-state index in [4.69, 9.17) is 5.73 Å². The van der Waals surface area contributed by atoms with Crippen LogP contribution in [-0.4, -0.2) is 63.5 Å². The quantitative estimate of drug-likeness (QED) is 0.288. The molecule has 178 valence electrons. The van der Waals surface area contributed by atoms with Gasteiger partial charge in [0.15, 0.2) is 0 Å². The molecule has 1 unspecified atom stereocenters. The van der Waals surface area contributed by atoms with Crippen LogP contribution in [0.25, 0.3) is 11.3 Å². The van der Waals surface area contributed by atoms with Gasteiger partial charge in [-0.1, -0.05) is 12.1 Å². The summed E-state index contributed by atoms with van der Waals surface area (Å²) in [6.07, 6.45) is 2.24. The third kappa shape index (κ3) is 6.77. The summed E-state index contributed by atoms with van der Waals surface area (Å²) in [7, 11) is 0. The molecule has 1 fully saturated rings.